The van der Waals surface area contributed by atoms with Crippen LogP contribution in [0.15, 0.2) is 12.4 Å². The predicted octanol–water partition coefficient (Wildman–Crippen LogP) is 0.772. The number of hydrogen-bond acceptors (Lipinski definition) is 5. The average Bonchev–Trinajstić information content (AvgIpc) is 2.69. The summed E-state index contributed by atoms with van der Waals surface area (Å²) >= 11 is 0. The minimum atomic E-state index is -0.291. The van der Waals surface area contributed by atoms with E-state index in [0.29, 0.717) is 6.54 Å². The molecule has 2 aromatic heterocycles. The van der Waals surface area contributed by atoms with Gasteiger partial charge in [0.15, 0.2) is 11.5 Å². The molecule has 7 nitrogen and oxygen atoms in total. The number of nitrogens with one attached hydrogen (secondary N) is 1. The molecule has 0 aliphatic rings. The largest absolute Gasteiger partial charge is 0.382 e. The Morgan fingerprint density at radius 1 is 1.33 bits per heavy atom. The number of carbonyl (C=O) groups is 1. The summed E-state index contributed by atoms with van der Waals surface area (Å²) in [7, 11) is 1.93. The molecule has 0 saturated carbocycles. The van der Waals surface area contributed by atoms with Crippen LogP contribution in [-0.4, -0.2) is 32.2 Å². The van der Waals surface area contributed by atoms with E-state index in [1.807, 2.05) is 25.6 Å². The molecule has 0 unspecified atom stereocenters. The third kappa shape index (κ3) is 3.36. The van der Waals surface area contributed by atoms with Crippen molar-refractivity contribution in [2.75, 3.05) is 12.3 Å². The van der Waals surface area contributed by atoms with E-state index < -0.39 is 0 Å². The molecule has 1 amide bonds. The maximum atomic E-state index is 11.9. The van der Waals surface area contributed by atoms with E-state index in [4.69, 9.17) is 5.73 Å². The van der Waals surface area contributed by atoms with Gasteiger partial charge in [0.25, 0.3) is 5.91 Å². The second kappa shape index (κ2) is 6.34. The van der Waals surface area contributed by atoms with Gasteiger partial charge in [-0.25, -0.2) is 9.97 Å². The molecule has 2 aromatic rings. The van der Waals surface area contributed by atoms with Gasteiger partial charge in [0, 0.05) is 31.7 Å². The van der Waals surface area contributed by atoms with Gasteiger partial charge >= 0.3 is 0 Å². The Morgan fingerprint density at radius 2 is 2.05 bits per heavy atom. The lowest BCUT2D eigenvalue weighted by atomic mass is 10.1. The Bertz CT molecular complexity index is 649. The van der Waals surface area contributed by atoms with Crippen molar-refractivity contribution in [2.24, 2.45) is 7.05 Å². The van der Waals surface area contributed by atoms with Crippen LogP contribution in [0.4, 0.5) is 5.82 Å². The second-order valence-corrected chi connectivity index (χ2v) is 4.92. The molecule has 0 spiro atoms. The monoisotopic (exact) mass is 288 g/mol. The molecule has 0 aromatic carbocycles. The molecule has 0 aliphatic heterocycles. The van der Waals surface area contributed by atoms with Crippen molar-refractivity contribution in [2.45, 2.75) is 26.7 Å². The lowest BCUT2D eigenvalue weighted by Crippen LogP contribution is -2.27. The van der Waals surface area contributed by atoms with Crippen molar-refractivity contribution in [3.05, 3.63) is 35.0 Å². The highest BCUT2D eigenvalue weighted by Gasteiger charge is 2.12. The number of amides is 1. The molecule has 0 radical (unpaired) electrons. The van der Waals surface area contributed by atoms with E-state index in [1.54, 1.807) is 0 Å². The molecule has 7 heteroatoms. The first-order valence-electron chi connectivity index (χ1n) is 6.84. The van der Waals surface area contributed by atoms with Crippen LogP contribution in [0.5, 0.6) is 0 Å². The van der Waals surface area contributed by atoms with Crippen molar-refractivity contribution in [1.82, 2.24) is 25.1 Å². The molecule has 112 valence electrons. The third-order valence-corrected chi connectivity index (χ3v) is 3.49. The topological polar surface area (TPSA) is 98.7 Å². The highest BCUT2D eigenvalue weighted by Crippen LogP contribution is 2.13. The van der Waals surface area contributed by atoms with Crippen LogP contribution in [0.3, 0.4) is 0 Å². The van der Waals surface area contributed by atoms with Gasteiger partial charge in [-0.1, -0.05) is 0 Å². The van der Waals surface area contributed by atoms with Crippen LogP contribution in [0.25, 0.3) is 0 Å². The van der Waals surface area contributed by atoms with E-state index in [0.717, 1.165) is 24.2 Å². The smallest absolute Gasteiger partial charge is 0.273 e. The number of rotatable bonds is 5. The first kappa shape index (κ1) is 15.0. The number of carbonyl (C=O) groups excluding carboxylic acids is 1. The normalized spacial score (nSPS) is 10.6. The summed E-state index contributed by atoms with van der Waals surface area (Å²) in [6, 6.07) is 0. The van der Waals surface area contributed by atoms with Gasteiger partial charge < -0.3 is 11.1 Å². The maximum Gasteiger partial charge on any atom is 0.273 e. The van der Waals surface area contributed by atoms with Crippen LogP contribution in [-0.2, 0) is 13.5 Å². The zero-order valence-electron chi connectivity index (χ0n) is 12.6. The molecule has 21 heavy (non-hydrogen) atoms. The van der Waals surface area contributed by atoms with Crippen molar-refractivity contribution in [1.29, 1.82) is 0 Å². The number of nitrogen functional groups attached to an aromatic ring is 1. The van der Waals surface area contributed by atoms with Gasteiger partial charge in [0.2, 0.25) is 0 Å². The molecule has 0 aliphatic carbocycles. The quantitative estimate of drug-likeness (QED) is 0.792. The molecule has 2 heterocycles. The molecule has 0 fully saturated rings. The first-order valence-corrected chi connectivity index (χ1v) is 6.84. The van der Waals surface area contributed by atoms with E-state index in [2.05, 4.69) is 20.4 Å². The third-order valence-electron chi connectivity index (χ3n) is 3.49. The van der Waals surface area contributed by atoms with E-state index in [1.165, 1.54) is 18.0 Å². The minimum absolute atomic E-state index is 0.147. The Kier molecular flexibility index (Phi) is 4.52. The van der Waals surface area contributed by atoms with Gasteiger partial charge in [-0.3, -0.25) is 9.48 Å². The fourth-order valence-electron chi connectivity index (χ4n) is 2.25. The van der Waals surface area contributed by atoms with Crippen LogP contribution >= 0.6 is 0 Å². The number of anilines is 1. The standard InChI is InChI=1S/C14H20N6O/c1-9-11(10(2)20(3)19-9)5-4-6-18-14(21)12-13(15)17-8-7-16-12/h7-8H,4-6H2,1-3H3,(H2,15,17)(H,18,21). The van der Waals surface area contributed by atoms with Crippen molar-refractivity contribution in [3.8, 4) is 0 Å². The van der Waals surface area contributed by atoms with Crippen LogP contribution in [0.1, 0.15) is 33.9 Å². The predicted molar refractivity (Wildman–Crippen MR) is 79.8 cm³/mol. The van der Waals surface area contributed by atoms with Crippen LogP contribution in [0, 0.1) is 13.8 Å². The van der Waals surface area contributed by atoms with E-state index >= 15 is 0 Å². The molecule has 0 saturated heterocycles. The number of aryl methyl sites for hydroxylation is 2. The zero-order valence-corrected chi connectivity index (χ0v) is 12.6. The fraction of sp³-hybridized carbons (Fsp3) is 0.429. The van der Waals surface area contributed by atoms with Crippen LogP contribution < -0.4 is 11.1 Å². The summed E-state index contributed by atoms with van der Waals surface area (Å²) in [4.78, 5) is 19.7. The van der Waals surface area contributed by atoms with Gasteiger partial charge in [0.1, 0.15) is 0 Å². The molecule has 0 atom stereocenters. The summed E-state index contributed by atoms with van der Waals surface area (Å²) in [6.45, 7) is 4.61. The Morgan fingerprint density at radius 3 is 2.67 bits per heavy atom. The second-order valence-electron chi connectivity index (χ2n) is 4.92. The number of aromatic nitrogens is 4. The summed E-state index contributed by atoms with van der Waals surface area (Å²) in [5.41, 5.74) is 9.23. The van der Waals surface area contributed by atoms with Crippen molar-refractivity contribution >= 4 is 11.7 Å². The summed E-state index contributed by atoms with van der Waals surface area (Å²) in [6.07, 6.45) is 4.62. The molecule has 2 rings (SSSR count). The number of nitrogens with zero attached hydrogens (tertiary/aromatic N) is 4. The first-order chi connectivity index (χ1) is 10.0. The summed E-state index contributed by atoms with van der Waals surface area (Å²) in [5.74, 6) is -0.144. The fourth-order valence-corrected chi connectivity index (χ4v) is 2.25. The number of nitrogens with two attached hydrogens (primary N) is 1. The Hall–Kier alpha value is -2.44. The average molecular weight is 288 g/mol. The molecular weight excluding hydrogens is 268 g/mol. The lowest BCUT2D eigenvalue weighted by molar-refractivity contribution is 0.0949. The van der Waals surface area contributed by atoms with Gasteiger partial charge in [0.05, 0.1) is 5.69 Å². The van der Waals surface area contributed by atoms with E-state index in [-0.39, 0.29) is 17.4 Å². The Labute approximate surface area is 123 Å². The highest BCUT2D eigenvalue weighted by molar-refractivity contribution is 5.96. The maximum absolute atomic E-state index is 11.9. The summed E-state index contributed by atoms with van der Waals surface area (Å²) in [5, 5.41) is 7.19. The highest BCUT2D eigenvalue weighted by atomic mass is 16.1. The molecule has 3 N–H and O–H groups in total. The Balaban J connectivity index is 1.85. The van der Waals surface area contributed by atoms with Gasteiger partial charge in [-0.15, -0.1) is 0 Å². The van der Waals surface area contributed by atoms with Gasteiger partial charge in [-0.05, 0) is 32.3 Å². The number of hydrogen-bond donors (Lipinski definition) is 2. The SMILES string of the molecule is Cc1nn(C)c(C)c1CCCNC(=O)c1nccnc1N. The minimum Gasteiger partial charge on any atom is -0.382 e. The molecule has 0 bridgehead atoms. The zero-order chi connectivity index (χ0) is 15.4. The summed E-state index contributed by atoms with van der Waals surface area (Å²) < 4.78 is 1.88. The lowest BCUT2D eigenvalue weighted by Gasteiger charge is -2.06. The van der Waals surface area contributed by atoms with E-state index in [9.17, 15) is 4.79 Å². The van der Waals surface area contributed by atoms with Crippen molar-refractivity contribution in [3.63, 3.8) is 0 Å². The van der Waals surface area contributed by atoms with Crippen molar-refractivity contribution < 1.29 is 4.79 Å². The van der Waals surface area contributed by atoms with Gasteiger partial charge in [-0.2, -0.15) is 5.10 Å². The van der Waals surface area contributed by atoms with Crippen LogP contribution in [0.2, 0.25) is 0 Å². The molecular formula is C14H20N6O.